The number of hydrogen-bond acceptors (Lipinski definition) is 6. The first-order chi connectivity index (χ1) is 18.1. The first-order valence-electron chi connectivity index (χ1n) is 12.0. The van der Waals surface area contributed by atoms with Crippen LogP contribution in [0, 0.1) is 11.7 Å². The Labute approximate surface area is 214 Å². The maximum Gasteiger partial charge on any atom is 0.433 e. The number of piperidine rings is 1. The minimum Gasteiger partial charge on any atom is -0.481 e. The van der Waals surface area contributed by atoms with Gasteiger partial charge in [0.05, 0.1) is 19.0 Å². The summed E-state index contributed by atoms with van der Waals surface area (Å²) < 4.78 is 58.9. The third-order valence-corrected chi connectivity index (χ3v) is 7.08. The van der Waals surface area contributed by atoms with Crippen molar-refractivity contribution in [3.05, 3.63) is 59.4 Å². The number of nitrogens with one attached hydrogen (secondary N) is 2. The van der Waals surface area contributed by atoms with E-state index in [4.69, 9.17) is 4.74 Å². The van der Waals surface area contributed by atoms with E-state index in [0.717, 1.165) is 12.4 Å². The Hall–Kier alpha value is -4.03. The molecule has 38 heavy (non-hydrogen) atoms. The quantitative estimate of drug-likeness (QED) is 0.468. The summed E-state index contributed by atoms with van der Waals surface area (Å²) in [6.45, 7) is 0.00431. The van der Waals surface area contributed by atoms with Crippen LogP contribution in [0.25, 0.3) is 11.3 Å². The molecule has 1 unspecified atom stereocenters. The van der Waals surface area contributed by atoms with E-state index in [-0.39, 0.29) is 46.8 Å². The van der Waals surface area contributed by atoms with Crippen molar-refractivity contribution in [2.24, 2.45) is 5.92 Å². The molecule has 3 aromatic heterocycles. The fourth-order valence-electron chi connectivity index (χ4n) is 4.96. The van der Waals surface area contributed by atoms with Crippen LogP contribution in [-0.2, 0) is 17.5 Å². The number of H-pyrrole nitrogens is 1. The summed E-state index contributed by atoms with van der Waals surface area (Å²) >= 11 is 0. The van der Waals surface area contributed by atoms with Crippen LogP contribution in [0.4, 0.5) is 17.6 Å². The van der Waals surface area contributed by atoms with Gasteiger partial charge in [-0.05, 0) is 37.8 Å². The summed E-state index contributed by atoms with van der Waals surface area (Å²) in [5.41, 5.74) is -1.10. The van der Waals surface area contributed by atoms with Crippen molar-refractivity contribution in [3.8, 4) is 17.1 Å². The molecule has 200 valence electrons. The number of carbonyl (C=O) groups excluding carboxylic acids is 2. The maximum absolute atomic E-state index is 14.3. The fourth-order valence-corrected chi connectivity index (χ4v) is 4.96. The van der Waals surface area contributed by atoms with E-state index in [9.17, 15) is 27.2 Å². The van der Waals surface area contributed by atoms with Crippen molar-refractivity contribution >= 4 is 11.8 Å². The topological polar surface area (TPSA) is 113 Å². The molecule has 1 aliphatic carbocycles. The molecule has 1 saturated heterocycles. The maximum atomic E-state index is 14.3. The van der Waals surface area contributed by atoms with Crippen molar-refractivity contribution in [3.63, 3.8) is 0 Å². The van der Waals surface area contributed by atoms with Crippen LogP contribution in [-0.4, -0.2) is 56.1 Å². The Balaban J connectivity index is 1.24. The fraction of sp³-hybridized carbons (Fsp3) is 0.400. The highest BCUT2D eigenvalue weighted by Crippen LogP contribution is 2.50. The number of ether oxygens (including phenoxy) is 1. The van der Waals surface area contributed by atoms with E-state index < -0.39 is 29.1 Å². The number of aromatic nitrogens is 4. The average Bonchev–Trinajstić information content (AvgIpc) is 3.48. The summed E-state index contributed by atoms with van der Waals surface area (Å²) in [6, 6.07) is 5.52. The van der Waals surface area contributed by atoms with Crippen LogP contribution in [0.3, 0.4) is 0 Å². The number of amides is 2. The lowest BCUT2D eigenvalue weighted by atomic mass is 9.88. The lowest BCUT2D eigenvalue weighted by molar-refractivity contribution is -0.142. The Morgan fingerprint density at radius 1 is 1.26 bits per heavy atom. The number of methoxy groups -OCH3 is 1. The van der Waals surface area contributed by atoms with E-state index in [1.807, 2.05) is 0 Å². The van der Waals surface area contributed by atoms with Gasteiger partial charge in [0, 0.05) is 47.9 Å². The van der Waals surface area contributed by atoms with Crippen molar-refractivity contribution in [1.29, 1.82) is 0 Å². The highest BCUT2D eigenvalue weighted by Gasteiger charge is 2.54. The van der Waals surface area contributed by atoms with Crippen LogP contribution in [0.5, 0.6) is 5.88 Å². The van der Waals surface area contributed by atoms with Gasteiger partial charge in [-0.2, -0.15) is 18.3 Å². The normalized spacial score (nSPS) is 18.3. The minimum atomic E-state index is -4.62. The third-order valence-electron chi connectivity index (χ3n) is 7.08. The predicted octanol–water partition coefficient (Wildman–Crippen LogP) is 3.73. The van der Waals surface area contributed by atoms with Crippen LogP contribution in [0.2, 0.25) is 0 Å². The van der Waals surface area contributed by atoms with E-state index in [2.05, 4.69) is 25.5 Å². The first-order valence-corrected chi connectivity index (χ1v) is 12.0. The summed E-state index contributed by atoms with van der Waals surface area (Å²) in [5.74, 6) is -1.52. The van der Waals surface area contributed by atoms with Gasteiger partial charge >= 0.3 is 6.18 Å². The Kier molecular flexibility index (Phi) is 6.53. The number of likely N-dealkylation sites (tertiary alicyclic amines) is 1. The molecule has 9 nitrogen and oxygen atoms in total. The average molecular weight is 532 g/mol. The molecule has 1 atom stereocenters. The van der Waals surface area contributed by atoms with Gasteiger partial charge in [-0.1, -0.05) is 6.07 Å². The highest BCUT2D eigenvalue weighted by molar-refractivity contribution is 5.94. The van der Waals surface area contributed by atoms with Gasteiger partial charge in [0.1, 0.15) is 11.4 Å². The molecule has 1 saturated carbocycles. The Bertz CT molecular complexity index is 1370. The summed E-state index contributed by atoms with van der Waals surface area (Å²) in [7, 11) is 1.40. The molecule has 3 aromatic rings. The number of rotatable bonds is 6. The monoisotopic (exact) mass is 532 g/mol. The molecule has 2 fully saturated rings. The zero-order valence-electron chi connectivity index (χ0n) is 20.3. The molecule has 5 rings (SSSR count). The first kappa shape index (κ1) is 25.6. The number of pyridine rings is 2. The van der Waals surface area contributed by atoms with E-state index in [1.54, 1.807) is 4.90 Å². The van der Waals surface area contributed by atoms with Crippen LogP contribution < -0.4 is 10.1 Å². The molecule has 13 heteroatoms. The van der Waals surface area contributed by atoms with E-state index in [1.165, 1.54) is 31.4 Å². The zero-order chi connectivity index (χ0) is 27.1. The number of alkyl halides is 3. The van der Waals surface area contributed by atoms with Gasteiger partial charge in [-0.3, -0.25) is 19.7 Å². The van der Waals surface area contributed by atoms with Gasteiger partial charge < -0.3 is 15.0 Å². The van der Waals surface area contributed by atoms with Crippen LogP contribution >= 0.6 is 0 Å². The van der Waals surface area contributed by atoms with E-state index in [0.29, 0.717) is 32.2 Å². The largest absolute Gasteiger partial charge is 0.481 e. The molecule has 0 bridgehead atoms. The van der Waals surface area contributed by atoms with Gasteiger partial charge in [0.15, 0.2) is 5.82 Å². The van der Waals surface area contributed by atoms with Crippen LogP contribution in [0.15, 0.2) is 36.7 Å². The van der Waals surface area contributed by atoms with Gasteiger partial charge in [-0.15, -0.1) is 0 Å². The second kappa shape index (κ2) is 9.69. The standard InChI is InChI=1S/C25H24F4N6O3/c1-38-20-9-16(17(26)13-31-20)18-10-19(34-33-18)23(37)35-8-4-14(11-24(35)5-6-24)22(36)32-12-15-3-2-7-30-21(15)25(27,28)29/h2-3,7,9-10,13-14H,4-6,8,11-12H2,1H3,(H,32,36)(H,33,34). The molecule has 1 spiro atoms. The third kappa shape index (κ3) is 4.92. The van der Waals surface area contributed by atoms with Gasteiger partial charge in [0.2, 0.25) is 11.8 Å². The molecule has 2 aliphatic rings. The van der Waals surface area contributed by atoms with Crippen molar-refractivity contribution in [2.75, 3.05) is 13.7 Å². The van der Waals surface area contributed by atoms with E-state index >= 15 is 0 Å². The SMILES string of the molecule is COc1cc(-c2cc(C(=O)N3CCC(C(=O)NCc4cccnc4C(F)(F)F)CC34CC4)[nH]n2)c(F)cn1. The summed E-state index contributed by atoms with van der Waals surface area (Å²) in [4.78, 5) is 35.1. The molecule has 2 N–H and O–H groups in total. The molecule has 4 heterocycles. The zero-order valence-corrected chi connectivity index (χ0v) is 20.3. The number of hydrogen-bond donors (Lipinski definition) is 2. The van der Waals surface area contributed by atoms with Crippen LogP contribution in [0.1, 0.15) is 47.4 Å². The van der Waals surface area contributed by atoms with Crippen molar-refractivity contribution in [1.82, 2.24) is 30.4 Å². The number of aromatic amines is 1. The summed E-state index contributed by atoms with van der Waals surface area (Å²) in [5, 5.41) is 9.37. The smallest absolute Gasteiger partial charge is 0.433 e. The van der Waals surface area contributed by atoms with Crippen molar-refractivity contribution < 1.29 is 31.9 Å². The number of carbonyl (C=O) groups is 2. The molecular formula is C25H24F4N6O3. The minimum absolute atomic E-state index is 0.111. The summed E-state index contributed by atoms with van der Waals surface area (Å²) in [6.07, 6.45) is -0.368. The lowest BCUT2D eigenvalue weighted by Gasteiger charge is -2.39. The lowest BCUT2D eigenvalue weighted by Crippen LogP contribution is -2.50. The number of nitrogens with zero attached hydrogens (tertiary/aromatic N) is 4. The second-order valence-electron chi connectivity index (χ2n) is 9.47. The van der Waals surface area contributed by atoms with Gasteiger partial charge in [0.25, 0.3) is 5.91 Å². The molecule has 2 amide bonds. The number of halogens is 4. The van der Waals surface area contributed by atoms with Crippen molar-refractivity contribution in [2.45, 2.75) is 43.9 Å². The molecule has 1 aliphatic heterocycles. The molecule has 0 radical (unpaired) electrons. The second-order valence-corrected chi connectivity index (χ2v) is 9.47. The Morgan fingerprint density at radius 2 is 2.05 bits per heavy atom. The molecule has 0 aromatic carbocycles. The molecular weight excluding hydrogens is 508 g/mol. The van der Waals surface area contributed by atoms with Gasteiger partial charge in [-0.25, -0.2) is 9.37 Å². The Morgan fingerprint density at radius 3 is 2.76 bits per heavy atom. The predicted molar refractivity (Wildman–Crippen MR) is 125 cm³/mol. The highest BCUT2D eigenvalue weighted by atomic mass is 19.4.